The molecule has 1 unspecified atom stereocenters. The summed E-state index contributed by atoms with van der Waals surface area (Å²) >= 11 is 0. The van der Waals surface area contributed by atoms with Gasteiger partial charge in [0.15, 0.2) is 0 Å². The van der Waals surface area contributed by atoms with Crippen molar-refractivity contribution in [1.82, 2.24) is 4.31 Å². The summed E-state index contributed by atoms with van der Waals surface area (Å²) in [4.78, 5) is 0.172. The van der Waals surface area contributed by atoms with E-state index in [1.807, 2.05) is 0 Å². The lowest BCUT2D eigenvalue weighted by molar-refractivity contribution is 0.0649. The molecular formula is C15H15NO4S. The van der Waals surface area contributed by atoms with E-state index in [9.17, 15) is 13.5 Å². The smallest absolute Gasteiger partial charge is 0.246 e. The Kier molecular flexibility index (Phi) is 3.44. The van der Waals surface area contributed by atoms with Crippen LogP contribution in [0.1, 0.15) is 17.4 Å². The van der Waals surface area contributed by atoms with E-state index >= 15 is 0 Å². The van der Waals surface area contributed by atoms with Crippen LogP contribution < -0.4 is 4.74 Å². The van der Waals surface area contributed by atoms with E-state index in [0.29, 0.717) is 11.3 Å². The lowest BCUT2D eigenvalue weighted by Crippen LogP contribution is -2.27. The first kappa shape index (κ1) is 14.1. The summed E-state index contributed by atoms with van der Waals surface area (Å²) in [5.41, 5.74) is 1.21. The highest BCUT2D eigenvalue weighted by Crippen LogP contribution is 2.38. The normalized spacial score (nSPS) is 20.2. The van der Waals surface area contributed by atoms with Crippen LogP contribution >= 0.6 is 0 Å². The molecule has 1 aliphatic rings. The van der Waals surface area contributed by atoms with Crippen molar-refractivity contribution in [3.63, 3.8) is 0 Å². The number of hydrogen-bond donors (Lipinski definition) is 1. The number of ether oxygens (including phenoxy) is 1. The molecule has 6 heteroatoms. The minimum atomic E-state index is -3.66. The van der Waals surface area contributed by atoms with Crippen molar-refractivity contribution >= 4 is 10.0 Å². The van der Waals surface area contributed by atoms with Gasteiger partial charge in [-0.1, -0.05) is 30.3 Å². The van der Waals surface area contributed by atoms with Gasteiger partial charge in [-0.05, 0) is 23.8 Å². The fourth-order valence-corrected chi connectivity index (χ4v) is 4.09. The van der Waals surface area contributed by atoms with E-state index in [4.69, 9.17) is 4.74 Å². The van der Waals surface area contributed by atoms with Crippen LogP contribution in [0.4, 0.5) is 0 Å². The van der Waals surface area contributed by atoms with E-state index in [0.717, 1.165) is 9.87 Å². The van der Waals surface area contributed by atoms with Gasteiger partial charge in [0.05, 0.1) is 12.0 Å². The molecule has 1 N–H and O–H groups in total. The number of hydrogen-bond acceptors (Lipinski definition) is 4. The summed E-state index contributed by atoms with van der Waals surface area (Å²) in [6.07, 6.45) is -1.15. The molecule has 0 fully saturated rings. The molecule has 0 saturated carbocycles. The van der Waals surface area contributed by atoms with Crippen LogP contribution in [0.5, 0.6) is 5.75 Å². The highest BCUT2D eigenvalue weighted by Gasteiger charge is 2.41. The van der Waals surface area contributed by atoms with Crippen LogP contribution in [0.15, 0.2) is 53.4 Å². The van der Waals surface area contributed by atoms with Crippen molar-refractivity contribution in [2.24, 2.45) is 0 Å². The third-order valence-electron chi connectivity index (χ3n) is 3.55. The standard InChI is InChI=1S/C15H15NO4S/c1-20-12-8-6-11(7-9-12)10-16-15(17)13-4-2-3-5-14(13)21(16,18)19/h2-9,15,17H,10H2,1H3. The predicted octanol–water partition coefficient (Wildman–Crippen LogP) is 1.89. The molecule has 0 aliphatic carbocycles. The molecule has 0 spiro atoms. The zero-order chi connectivity index (χ0) is 15.0. The van der Waals surface area contributed by atoms with Gasteiger partial charge in [0.25, 0.3) is 0 Å². The van der Waals surface area contributed by atoms with Crippen LogP contribution in [0.3, 0.4) is 0 Å². The van der Waals surface area contributed by atoms with Crippen molar-refractivity contribution in [3.8, 4) is 5.75 Å². The van der Waals surface area contributed by atoms with Gasteiger partial charge in [-0.15, -0.1) is 0 Å². The molecule has 1 aliphatic heterocycles. The third kappa shape index (κ3) is 2.31. The van der Waals surface area contributed by atoms with Crippen LogP contribution in [0, 0.1) is 0 Å². The van der Waals surface area contributed by atoms with E-state index in [1.165, 1.54) is 6.07 Å². The molecule has 21 heavy (non-hydrogen) atoms. The predicted molar refractivity (Wildman–Crippen MR) is 77.1 cm³/mol. The highest BCUT2D eigenvalue weighted by atomic mass is 32.2. The zero-order valence-corrected chi connectivity index (χ0v) is 12.2. The molecule has 5 nitrogen and oxygen atoms in total. The van der Waals surface area contributed by atoms with Gasteiger partial charge >= 0.3 is 0 Å². The largest absolute Gasteiger partial charge is 0.497 e. The minimum absolute atomic E-state index is 0.113. The lowest BCUT2D eigenvalue weighted by Gasteiger charge is -2.19. The maximum atomic E-state index is 12.5. The summed E-state index contributed by atoms with van der Waals surface area (Å²) < 4.78 is 31.1. The summed E-state index contributed by atoms with van der Waals surface area (Å²) in [5, 5.41) is 10.3. The number of nitrogens with zero attached hydrogens (tertiary/aromatic N) is 1. The van der Waals surface area contributed by atoms with E-state index in [2.05, 4.69) is 0 Å². The molecule has 0 bridgehead atoms. The Balaban J connectivity index is 1.93. The third-order valence-corrected chi connectivity index (χ3v) is 5.43. The number of aliphatic hydroxyl groups is 1. The van der Waals surface area contributed by atoms with Crippen LogP contribution in [0.2, 0.25) is 0 Å². The highest BCUT2D eigenvalue weighted by molar-refractivity contribution is 7.89. The maximum absolute atomic E-state index is 12.5. The van der Waals surface area contributed by atoms with E-state index in [-0.39, 0.29) is 11.4 Å². The molecule has 0 amide bonds. The van der Waals surface area contributed by atoms with Crippen LogP contribution in [-0.4, -0.2) is 24.9 Å². The van der Waals surface area contributed by atoms with Crippen molar-refractivity contribution in [2.45, 2.75) is 17.7 Å². The topological polar surface area (TPSA) is 66.8 Å². The van der Waals surface area contributed by atoms with Gasteiger partial charge in [0.1, 0.15) is 12.0 Å². The molecule has 0 aromatic heterocycles. The van der Waals surface area contributed by atoms with E-state index in [1.54, 1.807) is 49.6 Å². The van der Waals surface area contributed by atoms with Crippen LogP contribution in [-0.2, 0) is 16.6 Å². The number of aliphatic hydroxyl groups excluding tert-OH is 1. The lowest BCUT2D eigenvalue weighted by atomic mass is 10.2. The SMILES string of the molecule is COc1ccc(CN2C(O)c3ccccc3S2(=O)=O)cc1. The Bertz CT molecular complexity index is 755. The second-order valence-electron chi connectivity index (χ2n) is 4.81. The Morgan fingerprint density at radius 1 is 1.14 bits per heavy atom. The monoisotopic (exact) mass is 305 g/mol. The van der Waals surface area contributed by atoms with Crippen LogP contribution in [0.25, 0.3) is 0 Å². The van der Waals surface area contributed by atoms with Crippen molar-refractivity contribution in [2.75, 3.05) is 7.11 Å². The van der Waals surface area contributed by atoms with E-state index < -0.39 is 16.3 Å². The average molecular weight is 305 g/mol. The maximum Gasteiger partial charge on any atom is 0.246 e. The summed E-state index contributed by atoms with van der Waals surface area (Å²) in [6.45, 7) is 0.113. The molecule has 1 heterocycles. The molecule has 1 atom stereocenters. The summed E-state index contributed by atoms with van der Waals surface area (Å²) in [5.74, 6) is 0.701. The Morgan fingerprint density at radius 2 is 1.81 bits per heavy atom. The van der Waals surface area contributed by atoms with Crippen molar-refractivity contribution < 1.29 is 18.3 Å². The first-order valence-corrected chi connectivity index (χ1v) is 7.90. The zero-order valence-electron chi connectivity index (χ0n) is 11.4. The van der Waals surface area contributed by atoms with Crippen molar-refractivity contribution in [1.29, 1.82) is 0 Å². The molecular weight excluding hydrogens is 290 g/mol. The quantitative estimate of drug-likeness (QED) is 0.940. The van der Waals surface area contributed by atoms with Gasteiger partial charge < -0.3 is 9.84 Å². The average Bonchev–Trinajstić information content (AvgIpc) is 2.70. The molecule has 110 valence electrons. The molecule has 2 aromatic rings. The number of sulfonamides is 1. The fourth-order valence-electron chi connectivity index (χ4n) is 2.42. The van der Waals surface area contributed by atoms with Gasteiger partial charge in [-0.2, -0.15) is 4.31 Å². The molecule has 0 radical (unpaired) electrons. The fraction of sp³-hybridized carbons (Fsp3) is 0.200. The van der Waals surface area contributed by atoms with Gasteiger partial charge in [-0.25, -0.2) is 8.42 Å². The number of rotatable bonds is 3. The van der Waals surface area contributed by atoms with Gasteiger partial charge in [0, 0.05) is 12.1 Å². The first-order valence-electron chi connectivity index (χ1n) is 6.46. The second kappa shape index (κ2) is 5.14. The first-order chi connectivity index (χ1) is 10.0. The summed E-state index contributed by atoms with van der Waals surface area (Å²) in [7, 11) is -2.09. The number of benzene rings is 2. The number of fused-ring (bicyclic) bond motifs is 1. The Hall–Kier alpha value is -1.89. The summed E-state index contributed by atoms with van der Waals surface area (Å²) in [6, 6.07) is 13.6. The van der Waals surface area contributed by atoms with Gasteiger partial charge in [0.2, 0.25) is 10.0 Å². The minimum Gasteiger partial charge on any atom is -0.497 e. The Labute approximate surface area is 123 Å². The van der Waals surface area contributed by atoms with Crippen molar-refractivity contribution in [3.05, 3.63) is 59.7 Å². The molecule has 2 aromatic carbocycles. The molecule has 0 saturated heterocycles. The second-order valence-corrected chi connectivity index (χ2v) is 6.67. The Morgan fingerprint density at radius 3 is 2.43 bits per heavy atom. The van der Waals surface area contributed by atoms with Gasteiger partial charge in [-0.3, -0.25) is 0 Å². The molecule has 3 rings (SSSR count). The number of methoxy groups -OCH3 is 1.